The molecule has 2 atom stereocenters. The molecule has 0 aliphatic carbocycles. The number of fused-ring (bicyclic) bond motifs is 1. The Bertz CT molecular complexity index is 667. The predicted molar refractivity (Wildman–Crippen MR) is 85.6 cm³/mol. The summed E-state index contributed by atoms with van der Waals surface area (Å²) in [7, 11) is 0. The molecule has 2 heterocycles. The van der Waals surface area contributed by atoms with Crippen LogP contribution in [0.2, 0.25) is 0 Å². The van der Waals surface area contributed by atoms with Crippen molar-refractivity contribution < 1.29 is 4.79 Å². The number of para-hydroxylation sites is 1. The van der Waals surface area contributed by atoms with Gasteiger partial charge in [0.05, 0.1) is 16.3 Å². The van der Waals surface area contributed by atoms with E-state index in [1.807, 2.05) is 41.5 Å². The van der Waals surface area contributed by atoms with Crippen molar-refractivity contribution in [1.29, 1.82) is 0 Å². The molecule has 4 nitrogen and oxygen atoms in total. The first-order chi connectivity index (χ1) is 10.1. The van der Waals surface area contributed by atoms with Crippen molar-refractivity contribution in [3.63, 3.8) is 0 Å². The van der Waals surface area contributed by atoms with E-state index in [2.05, 4.69) is 24.1 Å². The molecule has 1 aliphatic heterocycles. The number of aryl methyl sites for hydroxylation is 1. The van der Waals surface area contributed by atoms with E-state index in [1.54, 1.807) is 11.3 Å². The first-order valence-electron chi connectivity index (χ1n) is 7.22. The summed E-state index contributed by atoms with van der Waals surface area (Å²) in [4.78, 5) is 19.4. The van der Waals surface area contributed by atoms with Gasteiger partial charge in [-0.2, -0.15) is 0 Å². The van der Waals surface area contributed by atoms with Gasteiger partial charge in [-0.05, 0) is 32.4 Å². The second-order valence-corrected chi connectivity index (χ2v) is 6.42. The van der Waals surface area contributed by atoms with E-state index < -0.39 is 0 Å². The van der Waals surface area contributed by atoms with Gasteiger partial charge >= 0.3 is 0 Å². The summed E-state index contributed by atoms with van der Waals surface area (Å²) in [5.74, 6) is 0.0781. The minimum Gasteiger partial charge on any atom is -0.359 e. The number of carbonyl (C=O) groups excluding carboxylic acids is 1. The molecule has 1 aliphatic rings. The van der Waals surface area contributed by atoms with Gasteiger partial charge in [0.25, 0.3) is 5.91 Å². The summed E-state index contributed by atoms with van der Waals surface area (Å²) in [5, 5.41) is 6.52. The molecular weight excluding hydrogens is 282 g/mol. The molecule has 0 saturated carbocycles. The number of nitrogens with one attached hydrogen (secondary N) is 1. The van der Waals surface area contributed by atoms with Crippen LogP contribution < -0.4 is 5.32 Å². The third-order valence-electron chi connectivity index (χ3n) is 3.94. The van der Waals surface area contributed by atoms with Crippen molar-refractivity contribution in [3.8, 4) is 0 Å². The molecule has 110 valence electrons. The van der Waals surface area contributed by atoms with E-state index in [9.17, 15) is 4.79 Å². The van der Waals surface area contributed by atoms with Gasteiger partial charge in [-0.15, -0.1) is 11.3 Å². The number of carbonyl (C=O) groups is 1. The SMILES string of the molecule is CC[C@@H](C)N1C(=O)c2ccccc2N[C@@H]1c1csc(C)n1. The van der Waals surface area contributed by atoms with Crippen molar-refractivity contribution in [2.75, 3.05) is 5.32 Å². The zero-order valence-electron chi connectivity index (χ0n) is 12.5. The van der Waals surface area contributed by atoms with Gasteiger partial charge in [-0.25, -0.2) is 4.98 Å². The number of hydrogen-bond acceptors (Lipinski definition) is 4. The minimum absolute atomic E-state index is 0.0781. The standard InChI is InChI=1S/C16H19N3OS/c1-4-10(2)19-15(14-9-21-11(3)17-14)18-13-8-6-5-7-12(13)16(19)20/h5-10,15,18H,4H2,1-3H3/t10-,15+/m1/s1. The fourth-order valence-corrected chi connectivity index (χ4v) is 3.27. The summed E-state index contributed by atoms with van der Waals surface area (Å²) in [6.07, 6.45) is 0.724. The molecular formula is C16H19N3OS. The smallest absolute Gasteiger partial charge is 0.258 e. The molecule has 0 bridgehead atoms. The van der Waals surface area contributed by atoms with Crippen LogP contribution in [-0.4, -0.2) is 21.8 Å². The van der Waals surface area contributed by atoms with Crippen LogP contribution in [0.3, 0.4) is 0 Å². The first kappa shape index (κ1) is 14.1. The van der Waals surface area contributed by atoms with Gasteiger partial charge in [-0.1, -0.05) is 19.1 Å². The molecule has 1 aromatic carbocycles. The van der Waals surface area contributed by atoms with Crippen LogP contribution >= 0.6 is 11.3 Å². The molecule has 1 amide bonds. The summed E-state index contributed by atoms with van der Waals surface area (Å²) in [6.45, 7) is 6.17. The zero-order valence-corrected chi connectivity index (χ0v) is 13.3. The van der Waals surface area contributed by atoms with E-state index >= 15 is 0 Å². The van der Waals surface area contributed by atoms with Gasteiger partial charge in [0, 0.05) is 17.1 Å². The van der Waals surface area contributed by atoms with Crippen LogP contribution in [-0.2, 0) is 0 Å². The van der Waals surface area contributed by atoms with Crippen molar-refractivity contribution in [1.82, 2.24) is 9.88 Å². The summed E-state index contributed by atoms with van der Waals surface area (Å²) >= 11 is 1.61. The minimum atomic E-state index is -0.188. The highest BCUT2D eigenvalue weighted by Gasteiger charge is 2.36. The number of benzene rings is 1. The Labute approximate surface area is 128 Å². The molecule has 3 rings (SSSR count). The summed E-state index contributed by atoms with van der Waals surface area (Å²) in [5.41, 5.74) is 2.54. The molecule has 1 N–H and O–H groups in total. The van der Waals surface area contributed by atoms with E-state index in [4.69, 9.17) is 0 Å². The average molecular weight is 301 g/mol. The lowest BCUT2D eigenvalue weighted by molar-refractivity contribution is 0.0589. The van der Waals surface area contributed by atoms with Crippen molar-refractivity contribution in [2.45, 2.75) is 39.4 Å². The fourth-order valence-electron chi connectivity index (χ4n) is 2.64. The number of aromatic nitrogens is 1. The van der Waals surface area contributed by atoms with Gasteiger partial charge in [-0.3, -0.25) is 4.79 Å². The van der Waals surface area contributed by atoms with Crippen molar-refractivity contribution >= 4 is 22.9 Å². The van der Waals surface area contributed by atoms with Crippen molar-refractivity contribution in [2.24, 2.45) is 0 Å². The monoisotopic (exact) mass is 301 g/mol. The molecule has 5 heteroatoms. The van der Waals surface area contributed by atoms with E-state index in [1.165, 1.54) is 0 Å². The lowest BCUT2D eigenvalue weighted by Crippen LogP contribution is -2.47. The molecule has 2 aromatic rings. The molecule has 0 spiro atoms. The third kappa shape index (κ3) is 2.42. The number of amides is 1. The Hall–Kier alpha value is -1.88. The van der Waals surface area contributed by atoms with Gasteiger partial charge in [0.1, 0.15) is 6.17 Å². The average Bonchev–Trinajstić information content (AvgIpc) is 2.93. The highest BCUT2D eigenvalue weighted by molar-refractivity contribution is 7.09. The topological polar surface area (TPSA) is 45.2 Å². The van der Waals surface area contributed by atoms with E-state index in [0.717, 1.165) is 28.4 Å². The molecule has 0 saturated heterocycles. The largest absolute Gasteiger partial charge is 0.359 e. The van der Waals surface area contributed by atoms with Crippen LogP contribution in [0, 0.1) is 6.92 Å². The van der Waals surface area contributed by atoms with Crippen LogP contribution in [0.5, 0.6) is 0 Å². The fraction of sp³-hybridized carbons (Fsp3) is 0.375. The van der Waals surface area contributed by atoms with Crippen LogP contribution in [0.1, 0.15) is 47.5 Å². The Kier molecular flexibility index (Phi) is 3.68. The quantitative estimate of drug-likeness (QED) is 0.937. The van der Waals surface area contributed by atoms with Gasteiger partial charge in [0.2, 0.25) is 0 Å². The molecule has 1 aromatic heterocycles. The Balaban J connectivity index is 2.07. The van der Waals surface area contributed by atoms with E-state index in [0.29, 0.717) is 0 Å². The van der Waals surface area contributed by atoms with Crippen LogP contribution in [0.4, 0.5) is 5.69 Å². The van der Waals surface area contributed by atoms with Gasteiger partial charge < -0.3 is 10.2 Å². The number of rotatable bonds is 3. The third-order valence-corrected chi connectivity index (χ3v) is 4.74. The lowest BCUT2D eigenvalue weighted by Gasteiger charge is -2.40. The Morgan fingerprint density at radius 2 is 2.19 bits per heavy atom. The highest BCUT2D eigenvalue weighted by Crippen LogP contribution is 2.35. The Morgan fingerprint density at radius 3 is 2.86 bits per heavy atom. The number of thiazole rings is 1. The normalized spacial score (nSPS) is 19.1. The summed E-state index contributed by atoms with van der Waals surface area (Å²) in [6, 6.07) is 7.84. The predicted octanol–water partition coefficient (Wildman–Crippen LogP) is 3.82. The number of hydrogen-bond donors (Lipinski definition) is 1. The van der Waals surface area contributed by atoms with E-state index in [-0.39, 0.29) is 18.1 Å². The van der Waals surface area contributed by atoms with Crippen molar-refractivity contribution in [3.05, 3.63) is 45.9 Å². The number of nitrogens with zero attached hydrogens (tertiary/aromatic N) is 2. The zero-order chi connectivity index (χ0) is 15.0. The summed E-state index contributed by atoms with van der Waals surface area (Å²) < 4.78 is 0. The highest BCUT2D eigenvalue weighted by atomic mass is 32.1. The van der Waals surface area contributed by atoms with Crippen LogP contribution in [0.15, 0.2) is 29.6 Å². The second kappa shape index (κ2) is 5.48. The maximum absolute atomic E-state index is 12.9. The maximum Gasteiger partial charge on any atom is 0.258 e. The molecule has 0 fully saturated rings. The number of anilines is 1. The molecule has 0 unspecified atom stereocenters. The molecule has 21 heavy (non-hydrogen) atoms. The van der Waals surface area contributed by atoms with Crippen LogP contribution in [0.25, 0.3) is 0 Å². The maximum atomic E-state index is 12.9. The van der Waals surface area contributed by atoms with Gasteiger partial charge in [0.15, 0.2) is 0 Å². The first-order valence-corrected chi connectivity index (χ1v) is 8.10. The molecule has 0 radical (unpaired) electrons. The second-order valence-electron chi connectivity index (χ2n) is 5.35. The Morgan fingerprint density at radius 1 is 1.43 bits per heavy atom. The lowest BCUT2D eigenvalue weighted by atomic mass is 10.0.